The van der Waals surface area contributed by atoms with Gasteiger partial charge in [0.1, 0.15) is 0 Å². The third kappa shape index (κ3) is 6.37. The van der Waals surface area contributed by atoms with Gasteiger partial charge in [-0.05, 0) is 12.3 Å². The smallest absolute Gasteiger partial charge is 0.212 e. The first-order chi connectivity index (χ1) is 7.30. The van der Waals surface area contributed by atoms with Gasteiger partial charge in [-0.15, -0.1) is 0 Å². The predicted octanol–water partition coefficient (Wildman–Crippen LogP) is 0.253. The summed E-state index contributed by atoms with van der Waals surface area (Å²) >= 11 is 4.82. The van der Waals surface area contributed by atoms with E-state index in [4.69, 9.17) is 22.7 Å². The number of thiocarbonyl (C=S) groups is 1. The van der Waals surface area contributed by atoms with Crippen molar-refractivity contribution in [3.8, 4) is 0 Å². The fourth-order valence-electron chi connectivity index (χ4n) is 1.17. The number of methoxy groups -OCH3 is 1. The summed E-state index contributed by atoms with van der Waals surface area (Å²) in [7, 11) is -1.81. The number of hydrogen-bond acceptors (Lipinski definition) is 4. The zero-order chi connectivity index (χ0) is 12.8. The lowest BCUT2D eigenvalue weighted by molar-refractivity contribution is 0.199. The number of sulfonamides is 1. The molecule has 7 heteroatoms. The molecule has 0 amide bonds. The average molecular weight is 268 g/mol. The van der Waals surface area contributed by atoms with Gasteiger partial charge in [-0.2, -0.15) is 0 Å². The van der Waals surface area contributed by atoms with E-state index in [-0.39, 0.29) is 16.7 Å². The molecule has 0 aromatic heterocycles. The van der Waals surface area contributed by atoms with Gasteiger partial charge < -0.3 is 10.5 Å². The Morgan fingerprint density at radius 2 is 2.06 bits per heavy atom. The highest BCUT2D eigenvalue weighted by molar-refractivity contribution is 7.89. The highest BCUT2D eigenvalue weighted by Crippen LogP contribution is 2.04. The lowest BCUT2D eigenvalue weighted by Gasteiger charge is -2.20. The van der Waals surface area contributed by atoms with Gasteiger partial charge in [-0.3, -0.25) is 0 Å². The summed E-state index contributed by atoms with van der Waals surface area (Å²) in [5, 5.41) is 0. The van der Waals surface area contributed by atoms with Crippen molar-refractivity contribution in [1.82, 2.24) is 4.72 Å². The molecule has 0 rings (SSSR count). The van der Waals surface area contributed by atoms with Crippen molar-refractivity contribution in [2.24, 2.45) is 11.7 Å². The molecule has 1 unspecified atom stereocenters. The van der Waals surface area contributed by atoms with Crippen molar-refractivity contribution in [3.05, 3.63) is 0 Å². The van der Waals surface area contributed by atoms with Crippen molar-refractivity contribution in [3.63, 3.8) is 0 Å². The van der Waals surface area contributed by atoms with Crippen LogP contribution in [-0.4, -0.2) is 38.9 Å². The summed E-state index contributed by atoms with van der Waals surface area (Å²) in [4.78, 5) is 0.172. The molecule has 96 valence electrons. The zero-order valence-corrected chi connectivity index (χ0v) is 11.5. The van der Waals surface area contributed by atoms with E-state index in [2.05, 4.69) is 4.72 Å². The fourth-order valence-corrected chi connectivity index (χ4v) is 2.98. The van der Waals surface area contributed by atoms with E-state index in [1.165, 1.54) is 7.11 Å². The molecular weight excluding hydrogens is 248 g/mol. The second-order valence-electron chi connectivity index (χ2n) is 3.91. The number of hydrogen-bond donors (Lipinski definition) is 2. The Bertz CT molecular complexity index is 315. The molecule has 0 heterocycles. The SMILES string of the molecule is COCCCS(=O)(=O)NC(C(N)=S)C(C)C. The lowest BCUT2D eigenvalue weighted by Crippen LogP contribution is -2.47. The lowest BCUT2D eigenvalue weighted by atomic mass is 10.1. The molecule has 0 aliphatic carbocycles. The quantitative estimate of drug-likeness (QED) is 0.487. The van der Waals surface area contributed by atoms with E-state index < -0.39 is 16.1 Å². The van der Waals surface area contributed by atoms with Gasteiger partial charge >= 0.3 is 0 Å². The van der Waals surface area contributed by atoms with Gasteiger partial charge in [0.15, 0.2) is 0 Å². The molecule has 0 aliphatic rings. The molecule has 0 saturated carbocycles. The maximum Gasteiger partial charge on any atom is 0.212 e. The van der Waals surface area contributed by atoms with Crippen LogP contribution in [0.1, 0.15) is 20.3 Å². The molecule has 0 spiro atoms. The van der Waals surface area contributed by atoms with Gasteiger partial charge in [0.25, 0.3) is 0 Å². The maximum atomic E-state index is 11.6. The van der Waals surface area contributed by atoms with Gasteiger partial charge in [0.2, 0.25) is 10.0 Å². The van der Waals surface area contributed by atoms with Crippen LogP contribution in [0.25, 0.3) is 0 Å². The van der Waals surface area contributed by atoms with Crippen LogP contribution in [0.2, 0.25) is 0 Å². The summed E-state index contributed by atoms with van der Waals surface area (Å²) in [5.74, 6) is 0.0573. The molecule has 0 aromatic carbocycles. The number of nitrogens with two attached hydrogens (primary N) is 1. The standard InChI is InChI=1S/C9H20N2O3S2/c1-7(2)8(9(10)15)11-16(12,13)6-4-5-14-3/h7-8,11H,4-6H2,1-3H3,(H2,10,15). The Kier molecular flexibility index (Phi) is 7.05. The number of rotatable bonds is 8. The predicted molar refractivity (Wildman–Crippen MR) is 68.8 cm³/mol. The minimum atomic E-state index is -3.34. The van der Waals surface area contributed by atoms with Gasteiger partial charge in [-0.1, -0.05) is 26.1 Å². The van der Waals surface area contributed by atoms with E-state index in [0.717, 1.165) is 0 Å². The minimum Gasteiger partial charge on any atom is -0.392 e. The van der Waals surface area contributed by atoms with Crippen LogP contribution in [0.4, 0.5) is 0 Å². The molecule has 0 bridgehead atoms. The van der Waals surface area contributed by atoms with E-state index in [0.29, 0.717) is 13.0 Å². The second-order valence-corrected chi connectivity index (χ2v) is 6.25. The highest BCUT2D eigenvalue weighted by Gasteiger charge is 2.22. The van der Waals surface area contributed by atoms with E-state index in [9.17, 15) is 8.42 Å². The Labute approximate surface area is 103 Å². The van der Waals surface area contributed by atoms with Crippen molar-refractivity contribution < 1.29 is 13.2 Å². The Hall–Kier alpha value is -0.240. The summed E-state index contributed by atoms with van der Waals surface area (Å²) in [6.45, 7) is 4.14. The van der Waals surface area contributed by atoms with Crippen LogP contribution in [0.5, 0.6) is 0 Å². The number of nitrogens with one attached hydrogen (secondary N) is 1. The molecule has 0 saturated heterocycles. The van der Waals surface area contributed by atoms with Crippen LogP contribution in [0, 0.1) is 5.92 Å². The second kappa shape index (κ2) is 7.16. The van der Waals surface area contributed by atoms with E-state index in [1.807, 2.05) is 13.8 Å². The van der Waals surface area contributed by atoms with Crippen molar-refractivity contribution >= 4 is 27.2 Å². The first-order valence-corrected chi connectivity index (χ1v) is 7.14. The third-order valence-corrected chi connectivity index (χ3v) is 3.73. The monoisotopic (exact) mass is 268 g/mol. The fraction of sp³-hybridized carbons (Fsp3) is 0.889. The molecule has 0 aliphatic heterocycles. The molecule has 1 atom stereocenters. The molecule has 0 aromatic rings. The van der Waals surface area contributed by atoms with Crippen molar-refractivity contribution in [2.45, 2.75) is 26.3 Å². The highest BCUT2D eigenvalue weighted by atomic mass is 32.2. The van der Waals surface area contributed by atoms with Crippen LogP contribution in [0.15, 0.2) is 0 Å². The van der Waals surface area contributed by atoms with Crippen LogP contribution in [-0.2, 0) is 14.8 Å². The maximum absolute atomic E-state index is 11.6. The molecule has 3 N–H and O–H groups in total. The third-order valence-electron chi connectivity index (χ3n) is 2.04. The minimum absolute atomic E-state index is 0.0205. The summed E-state index contributed by atoms with van der Waals surface area (Å²) in [6.07, 6.45) is 0.452. The van der Waals surface area contributed by atoms with Gasteiger partial charge in [0, 0.05) is 13.7 Å². The summed E-state index contributed by atoms with van der Waals surface area (Å²) < 4.78 is 30.6. The molecule has 0 radical (unpaired) electrons. The van der Waals surface area contributed by atoms with E-state index >= 15 is 0 Å². The first-order valence-electron chi connectivity index (χ1n) is 5.08. The van der Waals surface area contributed by atoms with Crippen LogP contribution >= 0.6 is 12.2 Å². The normalized spacial score (nSPS) is 14.0. The first kappa shape index (κ1) is 15.8. The molecular formula is C9H20N2O3S2. The van der Waals surface area contributed by atoms with Crippen LogP contribution in [0.3, 0.4) is 0 Å². The van der Waals surface area contributed by atoms with Crippen LogP contribution < -0.4 is 10.5 Å². The topological polar surface area (TPSA) is 81.4 Å². The van der Waals surface area contributed by atoms with Crippen molar-refractivity contribution in [2.75, 3.05) is 19.5 Å². The number of ether oxygens (including phenoxy) is 1. The molecule has 5 nitrogen and oxygen atoms in total. The Morgan fingerprint density at radius 3 is 2.44 bits per heavy atom. The molecule has 16 heavy (non-hydrogen) atoms. The largest absolute Gasteiger partial charge is 0.392 e. The zero-order valence-electron chi connectivity index (χ0n) is 9.89. The summed E-state index contributed by atoms with van der Waals surface area (Å²) in [6, 6.07) is -0.484. The van der Waals surface area contributed by atoms with E-state index in [1.54, 1.807) is 0 Å². The Balaban J connectivity index is 4.37. The Morgan fingerprint density at radius 1 is 1.50 bits per heavy atom. The summed E-state index contributed by atoms with van der Waals surface area (Å²) in [5.41, 5.74) is 5.48. The van der Waals surface area contributed by atoms with Gasteiger partial charge in [0.05, 0.1) is 16.8 Å². The van der Waals surface area contributed by atoms with Gasteiger partial charge in [-0.25, -0.2) is 13.1 Å². The molecule has 0 fully saturated rings. The average Bonchev–Trinajstić information content (AvgIpc) is 2.13. The van der Waals surface area contributed by atoms with Crippen molar-refractivity contribution in [1.29, 1.82) is 0 Å².